The average Bonchev–Trinajstić information content (AvgIpc) is 2.29. The number of halogens is 1. The summed E-state index contributed by atoms with van der Waals surface area (Å²) in [5, 5.41) is 0.309. The third kappa shape index (κ3) is 3.53. The summed E-state index contributed by atoms with van der Waals surface area (Å²) in [7, 11) is 0. The maximum atomic E-state index is 12.2. The van der Waals surface area contributed by atoms with E-state index in [0.29, 0.717) is 10.7 Å². The summed E-state index contributed by atoms with van der Waals surface area (Å²) >= 11 is 5.66. The smallest absolute Gasteiger partial charge is 0.317 e. The number of hydrogen-bond donors (Lipinski definition) is 0. The van der Waals surface area contributed by atoms with Crippen LogP contribution in [0.2, 0.25) is 5.15 Å². The molecule has 0 aliphatic carbocycles. The van der Waals surface area contributed by atoms with Crippen LogP contribution in [0.1, 0.15) is 31.1 Å². The number of rotatable bonds is 5. The van der Waals surface area contributed by atoms with Gasteiger partial charge in [0.25, 0.3) is 0 Å². The first-order chi connectivity index (χ1) is 8.47. The van der Waals surface area contributed by atoms with Gasteiger partial charge in [-0.2, -0.15) is 0 Å². The van der Waals surface area contributed by atoms with Gasteiger partial charge in [0, 0.05) is 11.8 Å². The highest BCUT2D eigenvalue weighted by Crippen LogP contribution is 2.19. The number of aromatic nitrogens is 1. The van der Waals surface area contributed by atoms with Crippen LogP contribution < -0.4 is 0 Å². The summed E-state index contributed by atoms with van der Waals surface area (Å²) in [4.78, 5) is 27.8. The van der Waals surface area contributed by atoms with Crippen molar-refractivity contribution in [2.24, 2.45) is 11.8 Å². The number of esters is 1. The number of hydrogen-bond acceptors (Lipinski definition) is 4. The van der Waals surface area contributed by atoms with E-state index in [1.54, 1.807) is 13.0 Å². The van der Waals surface area contributed by atoms with Crippen molar-refractivity contribution in [3.05, 3.63) is 29.0 Å². The second-order valence-corrected chi connectivity index (χ2v) is 4.59. The minimum atomic E-state index is -0.798. The molecule has 0 fully saturated rings. The minimum Gasteiger partial charge on any atom is -0.465 e. The molecule has 18 heavy (non-hydrogen) atoms. The predicted molar refractivity (Wildman–Crippen MR) is 68.5 cm³/mol. The fourth-order valence-corrected chi connectivity index (χ4v) is 1.73. The molecule has 1 rings (SSSR count). The third-order valence-corrected chi connectivity index (χ3v) is 2.73. The van der Waals surface area contributed by atoms with Crippen LogP contribution >= 0.6 is 11.6 Å². The molecule has 98 valence electrons. The average molecular weight is 270 g/mol. The van der Waals surface area contributed by atoms with Gasteiger partial charge in [0.1, 0.15) is 11.1 Å². The molecular weight excluding hydrogens is 254 g/mol. The van der Waals surface area contributed by atoms with E-state index < -0.39 is 11.9 Å². The van der Waals surface area contributed by atoms with Crippen LogP contribution in [0.3, 0.4) is 0 Å². The van der Waals surface area contributed by atoms with E-state index in [2.05, 4.69) is 4.98 Å². The molecule has 1 aromatic heterocycles. The molecule has 0 aromatic carbocycles. The molecule has 1 atom stereocenters. The summed E-state index contributed by atoms with van der Waals surface area (Å²) in [6, 6.07) is 3.09. The number of carbonyl (C=O) groups excluding carboxylic acids is 2. The van der Waals surface area contributed by atoms with Crippen molar-refractivity contribution in [3.63, 3.8) is 0 Å². The van der Waals surface area contributed by atoms with Gasteiger partial charge in [0.15, 0.2) is 5.78 Å². The molecule has 0 bridgehead atoms. The van der Waals surface area contributed by atoms with Crippen LogP contribution in [0.25, 0.3) is 0 Å². The van der Waals surface area contributed by atoms with Crippen LogP contribution in [0, 0.1) is 11.8 Å². The fraction of sp³-hybridized carbons (Fsp3) is 0.462. The third-order valence-electron chi connectivity index (χ3n) is 2.50. The van der Waals surface area contributed by atoms with Gasteiger partial charge < -0.3 is 4.74 Å². The van der Waals surface area contributed by atoms with Gasteiger partial charge in [-0.25, -0.2) is 4.98 Å². The molecule has 1 heterocycles. The Hall–Kier alpha value is -1.42. The monoisotopic (exact) mass is 269 g/mol. The largest absolute Gasteiger partial charge is 0.465 e. The molecule has 0 radical (unpaired) electrons. The fourth-order valence-electron chi connectivity index (χ4n) is 1.62. The van der Waals surface area contributed by atoms with Gasteiger partial charge in [-0.15, -0.1) is 0 Å². The quantitative estimate of drug-likeness (QED) is 0.357. The maximum Gasteiger partial charge on any atom is 0.317 e. The summed E-state index contributed by atoms with van der Waals surface area (Å²) in [5.74, 6) is -1.71. The highest BCUT2D eigenvalue weighted by atomic mass is 35.5. The summed E-state index contributed by atoms with van der Waals surface area (Å²) in [6.07, 6.45) is 1.37. The minimum absolute atomic E-state index is 0.132. The lowest BCUT2D eigenvalue weighted by Crippen LogP contribution is -2.30. The first-order valence-electron chi connectivity index (χ1n) is 5.79. The first-order valence-corrected chi connectivity index (χ1v) is 6.17. The van der Waals surface area contributed by atoms with Crippen molar-refractivity contribution in [1.29, 1.82) is 0 Å². The van der Waals surface area contributed by atoms with E-state index in [0.717, 1.165) is 0 Å². The second-order valence-electron chi connectivity index (χ2n) is 4.21. The Morgan fingerprint density at radius 1 is 1.39 bits per heavy atom. The molecule has 1 aromatic rings. The van der Waals surface area contributed by atoms with Gasteiger partial charge in [0.2, 0.25) is 0 Å². The Kier molecular flexibility index (Phi) is 5.28. The van der Waals surface area contributed by atoms with E-state index in [9.17, 15) is 9.59 Å². The van der Waals surface area contributed by atoms with Crippen LogP contribution in [0.15, 0.2) is 18.3 Å². The standard InChI is InChI=1S/C13H16ClNO3/c1-4-18-13(17)11(8(2)3)12(16)9-5-6-10(14)15-7-9/h5-8,11H,4H2,1-3H3. The van der Waals surface area contributed by atoms with Crippen LogP contribution in [0.5, 0.6) is 0 Å². The SMILES string of the molecule is CCOC(=O)C(C(=O)c1ccc(Cl)nc1)C(C)C. The number of pyridine rings is 1. The summed E-state index contributed by atoms with van der Waals surface area (Å²) in [6.45, 7) is 5.59. The molecule has 0 saturated heterocycles. The Bertz CT molecular complexity index is 428. The van der Waals surface area contributed by atoms with E-state index in [1.165, 1.54) is 12.3 Å². The Balaban J connectivity index is 2.96. The number of ketones is 1. The van der Waals surface area contributed by atoms with Gasteiger partial charge in [-0.05, 0) is 25.0 Å². The lowest BCUT2D eigenvalue weighted by Gasteiger charge is -2.17. The van der Waals surface area contributed by atoms with E-state index in [-0.39, 0.29) is 18.3 Å². The molecule has 1 unspecified atom stereocenters. The maximum absolute atomic E-state index is 12.2. The zero-order chi connectivity index (χ0) is 13.7. The predicted octanol–water partition coefficient (Wildman–Crippen LogP) is 2.75. The number of nitrogens with zero attached hydrogens (tertiary/aromatic N) is 1. The van der Waals surface area contributed by atoms with Crippen molar-refractivity contribution in [1.82, 2.24) is 4.98 Å². The molecule has 4 nitrogen and oxygen atoms in total. The first kappa shape index (κ1) is 14.6. The van der Waals surface area contributed by atoms with Gasteiger partial charge in [-0.3, -0.25) is 9.59 Å². The second kappa shape index (κ2) is 6.50. The van der Waals surface area contributed by atoms with Crippen molar-refractivity contribution in [3.8, 4) is 0 Å². The summed E-state index contributed by atoms with van der Waals surface area (Å²) in [5.41, 5.74) is 0.367. The molecule has 5 heteroatoms. The lowest BCUT2D eigenvalue weighted by atomic mass is 9.88. The highest BCUT2D eigenvalue weighted by molar-refractivity contribution is 6.29. The zero-order valence-electron chi connectivity index (χ0n) is 10.6. The van der Waals surface area contributed by atoms with Gasteiger partial charge >= 0.3 is 5.97 Å². The van der Waals surface area contributed by atoms with Crippen LogP contribution in [-0.4, -0.2) is 23.3 Å². The molecule has 0 N–H and O–H groups in total. The number of ether oxygens (including phenoxy) is 1. The van der Waals surface area contributed by atoms with E-state index in [1.807, 2.05) is 13.8 Å². The Morgan fingerprint density at radius 3 is 2.50 bits per heavy atom. The van der Waals surface area contributed by atoms with E-state index in [4.69, 9.17) is 16.3 Å². The van der Waals surface area contributed by atoms with Crippen molar-refractivity contribution >= 4 is 23.4 Å². The van der Waals surface area contributed by atoms with Gasteiger partial charge in [-0.1, -0.05) is 25.4 Å². The van der Waals surface area contributed by atoms with Crippen LogP contribution in [-0.2, 0) is 9.53 Å². The molecule has 0 aliphatic heterocycles. The summed E-state index contributed by atoms with van der Waals surface area (Å²) < 4.78 is 4.93. The molecular formula is C13H16ClNO3. The lowest BCUT2D eigenvalue weighted by molar-refractivity contribution is -0.147. The molecule has 0 aliphatic rings. The Labute approximate surface area is 111 Å². The zero-order valence-corrected chi connectivity index (χ0v) is 11.4. The molecule has 0 saturated carbocycles. The number of carbonyl (C=O) groups is 2. The molecule has 0 spiro atoms. The normalized spacial score (nSPS) is 12.3. The topological polar surface area (TPSA) is 56.3 Å². The molecule has 0 amide bonds. The highest BCUT2D eigenvalue weighted by Gasteiger charge is 2.31. The van der Waals surface area contributed by atoms with Crippen molar-refractivity contribution in [2.75, 3.05) is 6.61 Å². The van der Waals surface area contributed by atoms with Crippen molar-refractivity contribution < 1.29 is 14.3 Å². The Morgan fingerprint density at radius 2 is 2.06 bits per heavy atom. The van der Waals surface area contributed by atoms with Gasteiger partial charge in [0.05, 0.1) is 6.61 Å². The van der Waals surface area contributed by atoms with Crippen LogP contribution in [0.4, 0.5) is 0 Å². The number of Topliss-reactive ketones (excluding diaryl/α,β-unsaturated/α-hetero) is 1. The van der Waals surface area contributed by atoms with E-state index >= 15 is 0 Å². The van der Waals surface area contributed by atoms with Crippen molar-refractivity contribution in [2.45, 2.75) is 20.8 Å².